The van der Waals surface area contributed by atoms with E-state index in [-0.39, 0.29) is 11.4 Å². The van der Waals surface area contributed by atoms with E-state index in [0.717, 1.165) is 27.0 Å². The predicted octanol–water partition coefficient (Wildman–Crippen LogP) is 6.52. The fourth-order valence-electron chi connectivity index (χ4n) is 3.32. The molecule has 4 rings (SSSR count). The highest BCUT2D eigenvalue weighted by Crippen LogP contribution is 2.34. The van der Waals surface area contributed by atoms with Gasteiger partial charge in [0.05, 0.1) is 16.9 Å². The molecule has 5 nitrogen and oxygen atoms in total. The van der Waals surface area contributed by atoms with Crippen LogP contribution in [0.1, 0.15) is 21.6 Å². The molecule has 0 saturated carbocycles. The van der Waals surface area contributed by atoms with E-state index < -0.39 is 5.97 Å². The standard InChI is InChI=1S/C25H20BrFN2O3/c1-16-5-11-23(29(16)28-21-4-2-3-18(13-21)25(30)31)22-14-19(26)8-12-24(22)32-15-17-6-9-20(27)10-7-17/h2-14,28H,15H2,1H3,(H,30,31). The maximum atomic E-state index is 13.2. The van der Waals surface area contributed by atoms with E-state index >= 15 is 0 Å². The zero-order valence-electron chi connectivity index (χ0n) is 17.2. The van der Waals surface area contributed by atoms with Gasteiger partial charge in [-0.25, -0.2) is 9.18 Å². The summed E-state index contributed by atoms with van der Waals surface area (Å²) in [6, 6.07) is 22.5. The molecule has 0 unspecified atom stereocenters. The highest BCUT2D eigenvalue weighted by Gasteiger charge is 2.15. The molecule has 0 aliphatic rings. The van der Waals surface area contributed by atoms with Crippen LogP contribution in [-0.2, 0) is 6.61 Å². The molecular weight excluding hydrogens is 475 g/mol. The van der Waals surface area contributed by atoms with Gasteiger partial charge in [0.1, 0.15) is 18.2 Å². The summed E-state index contributed by atoms with van der Waals surface area (Å²) in [7, 11) is 0. The number of carbonyl (C=O) groups is 1. The molecule has 162 valence electrons. The Morgan fingerprint density at radius 1 is 1.06 bits per heavy atom. The van der Waals surface area contributed by atoms with Crippen molar-refractivity contribution >= 4 is 27.6 Å². The number of carboxylic acids is 1. The zero-order valence-corrected chi connectivity index (χ0v) is 18.8. The van der Waals surface area contributed by atoms with Gasteiger partial charge >= 0.3 is 5.97 Å². The number of ether oxygens (including phenoxy) is 1. The van der Waals surface area contributed by atoms with E-state index in [4.69, 9.17) is 4.74 Å². The second kappa shape index (κ2) is 9.28. The first kappa shape index (κ1) is 21.6. The van der Waals surface area contributed by atoms with Crippen molar-refractivity contribution in [3.8, 4) is 17.0 Å². The first-order chi connectivity index (χ1) is 15.4. The lowest BCUT2D eigenvalue weighted by atomic mass is 10.1. The Kier molecular flexibility index (Phi) is 6.28. The number of nitrogens with zero attached hydrogens (tertiary/aromatic N) is 1. The predicted molar refractivity (Wildman–Crippen MR) is 125 cm³/mol. The Labute approximate surface area is 193 Å². The van der Waals surface area contributed by atoms with Crippen LogP contribution in [0.5, 0.6) is 5.75 Å². The van der Waals surface area contributed by atoms with Gasteiger partial charge in [-0.3, -0.25) is 10.1 Å². The zero-order chi connectivity index (χ0) is 22.7. The Morgan fingerprint density at radius 3 is 2.59 bits per heavy atom. The topological polar surface area (TPSA) is 63.5 Å². The maximum Gasteiger partial charge on any atom is 0.335 e. The highest BCUT2D eigenvalue weighted by atomic mass is 79.9. The van der Waals surface area contributed by atoms with Gasteiger partial charge in [0.25, 0.3) is 0 Å². The number of aromatic nitrogens is 1. The van der Waals surface area contributed by atoms with Crippen LogP contribution in [-0.4, -0.2) is 15.8 Å². The minimum Gasteiger partial charge on any atom is -0.488 e. The summed E-state index contributed by atoms with van der Waals surface area (Å²) in [6.45, 7) is 2.25. The molecule has 0 spiro atoms. The number of rotatable bonds is 7. The van der Waals surface area contributed by atoms with Crippen LogP contribution in [0.25, 0.3) is 11.3 Å². The number of benzene rings is 3. The summed E-state index contributed by atoms with van der Waals surface area (Å²) in [5.74, 6) is -0.607. The van der Waals surface area contributed by atoms with E-state index in [0.29, 0.717) is 18.0 Å². The third-order valence-electron chi connectivity index (χ3n) is 4.95. The Bertz CT molecular complexity index is 1270. The Morgan fingerprint density at radius 2 is 1.84 bits per heavy atom. The molecule has 0 saturated heterocycles. The van der Waals surface area contributed by atoms with Crippen LogP contribution in [0.4, 0.5) is 10.1 Å². The summed E-state index contributed by atoms with van der Waals surface area (Å²) in [6.07, 6.45) is 0. The molecule has 0 aliphatic heterocycles. The van der Waals surface area contributed by atoms with Crippen molar-refractivity contribution in [1.29, 1.82) is 0 Å². The number of anilines is 1. The van der Waals surface area contributed by atoms with E-state index in [1.165, 1.54) is 12.1 Å². The first-order valence-corrected chi connectivity index (χ1v) is 10.7. The van der Waals surface area contributed by atoms with Gasteiger partial charge in [0, 0.05) is 15.7 Å². The minimum atomic E-state index is -0.985. The third-order valence-corrected chi connectivity index (χ3v) is 5.44. The Hall–Kier alpha value is -3.58. The summed E-state index contributed by atoms with van der Waals surface area (Å²) in [5, 5.41) is 9.28. The van der Waals surface area contributed by atoms with E-state index in [9.17, 15) is 14.3 Å². The van der Waals surface area contributed by atoms with Crippen LogP contribution >= 0.6 is 15.9 Å². The van der Waals surface area contributed by atoms with Crippen LogP contribution < -0.4 is 10.2 Å². The fraction of sp³-hybridized carbons (Fsp3) is 0.0800. The van der Waals surface area contributed by atoms with Gasteiger partial charge in [0.2, 0.25) is 0 Å². The molecule has 32 heavy (non-hydrogen) atoms. The van der Waals surface area contributed by atoms with Gasteiger partial charge < -0.3 is 9.84 Å². The van der Waals surface area contributed by atoms with E-state index in [1.54, 1.807) is 30.3 Å². The number of carboxylic acid groups (broad SMARTS) is 1. The lowest BCUT2D eigenvalue weighted by Gasteiger charge is -2.18. The second-order valence-electron chi connectivity index (χ2n) is 7.25. The summed E-state index contributed by atoms with van der Waals surface area (Å²) in [5.41, 5.74) is 7.61. The fourth-order valence-corrected chi connectivity index (χ4v) is 3.68. The van der Waals surface area contributed by atoms with Gasteiger partial charge in [-0.1, -0.05) is 34.1 Å². The molecule has 3 aromatic carbocycles. The van der Waals surface area contributed by atoms with Crippen LogP contribution in [0.3, 0.4) is 0 Å². The highest BCUT2D eigenvalue weighted by molar-refractivity contribution is 9.10. The van der Waals surface area contributed by atoms with E-state index in [2.05, 4.69) is 21.4 Å². The van der Waals surface area contributed by atoms with E-state index in [1.807, 2.05) is 48.0 Å². The number of halogens is 2. The van der Waals surface area contributed by atoms with Crippen molar-refractivity contribution in [2.24, 2.45) is 0 Å². The van der Waals surface area contributed by atoms with Crippen molar-refractivity contribution in [2.45, 2.75) is 13.5 Å². The molecule has 1 aromatic heterocycles. The molecule has 2 N–H and O–H groups in total. The van der Waals surface area contributed by atoms with Gasteiger partial charge in [0.15, 0.2) is 0 Å². The molecule has 0 aliphatic carbocycles. The second-order valence-corrected chi connectivity index (χ2v) is 8.16. The van der Waals surface area contributed by atoms with Gasteiger partial charge in [-0.05, 0) is 73.2 Å². The molecule has 0 bridgehead atoms. The molecule has 0 radical (unpaired) electrons. The van der Waals surface area contributed by atoms with Crippen molar-refractivity contribution in [3.05, 3.63) is 106 Å². The SMILES string of the molecule is Cc1ccc(-c2cc(Br)ccc2OCc2ccc(F)cc2)n1Nc1cccc(C(=O)O)c1. The molecule has 0 atom stereocenters. The van der Waals surface area contributed by atoms with Crippen molar-refractivity contribution in [1.82, 2.24) is 4.68 Å². The normalized spacial score (nSPS) is 10.7. The molecular formula is C25H20BrFN2O3. The number of aryl methyl sites for hydroxylation is 1. The molecule has 4 aromatic rings. The van der Waals surface area contributed by atoms with Crippen molar-refractivity contribution < 1.29 is 19.0 Å². The number of nitrogens with one attached hydrogen (secondary N) is 1. The maximum absolute atomic E-state index is 13.2. The lowest BCUT2D eigenvalue weighted by Crippen LogP contribution is -2.13. The monoisotopic (exact) mass is 494 g/mol. The summed E-state index contributed by atoms with van der Waals surface area (Å²) in [4.78, 5) is 11.3. The molecule has 7 heteroatoms. The Balaban J connectivity index is 1.67. The number of hydrogen-bond acceptors (Lipinski definition) is 3. The van der Waals surface area contributed by atoms with Gasteiger partial charge in [-0.15, -0.1) is 0 Å². The third kappa shape index (κ3) is 4.84. The average Bonchev–Trinajstić information content (AvgIpc) is 3.14. The number of aromatic carboxylic acids is 1. The van der Waals surface area contributed by atoms with Crippen molar-refractivity contribution in [3.63, 3.8) is 0 Å². The summed E-state index contributed by atoms with van der Waals surface area (Å²) >= 11 is 3.53. The van der Waals surface area contributed by atoms with Gasteiger partial charge in [-0.2, -0.15) is 0 Å². The van der Waals surface area contributed by atoms with Crippen LogP contribution in [0, 0.1) is 12.7 Å². The minimum absolute atomic E-state index is 0.201. The smallest absolute Gasteiger partial charge is 0.335 e. The molecule has 1 heterocycles. The van der Waals surface area contributed by atoms with Crippen LogP contribution in [0.2, 0.25) is 0 Å². The largest absolute Gasteiger partial charge is 0.488 e. The summed E-state index contributed by atoms with van der Waals surface area (Å²) < 4.78 is 22.0. The van der Waals surface area contributed by atoms with Crippen molar-refractivity contribution in [2.75, 3.05) is 5.43 Å². The molecule has 0 fully saturated rings. The first-order valence-electron chi connectivity index (χ1n) is 9.86. The van der Waals surface area contributed by atoms with Crippen LogP contribution in [0.15, 0.2) is 83.3 Å². The lowest BCUT2D eigenvalue weighted by molar-refractivity contribution is 0.0697. The quantitative estimate of drug-likeness (QED) is 0.307. The molecule has 0 amide bonds. The average molecular weight is 495 g/mol. The number of hydrogen-bond donors (Lipinski definition) is 2.